The predicted octanol–water partition coefficient (Wildman–Crippen LogP) is 5.00. The van der Waals surface area contributed by atoms with Crippen molar-refractivity contribution in [2.75, 3.05) is 19.7 Å². The van der Waals surface area contributed by atoms with Gasteiger partial charge in [0.25, 0.3) is 5.60 Å². The van der Waals surface area contributed by atoms with Crippen LogP contribution in [0, 0.1) is 5.82 Å². The third-order valence-electron chi connectivity index (χ3n) is 5.79. The summed E-state index contributed by atoms with van der Waals surface area (Å²) in [7, 11) is 0. The molecule has 13 heteroatoms. The summed E-state index contributed by atoms with van der Waals surface area (Å²) in [6.45, 7) is 1.44. The molecule has 2 atom stereocenters. The molecule has 1 fully saturated rings. The zero-order valence-corrected chi connectivity index (χ0v) is 18.9. The van der Waals surface area contributed by atoms with Crippen LogP contribution in [0.2, 0.25) is 0 Å². The van der Waals surface area contributed by atoms with E-state index in [9.17, 15) is 45.2 Å². The quantitative estimate of drug-likeness (QED) is 0.439. The Morgan fingerprint density at radius 1 is 1.06 bits per heavy atom. The number of carbonyl (C=O) groups is 1. The van der Waals surface area contributed by atoms with Crippen molar-refractivity contribution in [1.29, 1.82) is 0 Å². The molecule has 1 amide bonds. The molecule has 0 aromatic heterocycles. The molecule has 192 valence electrons. The van der Waals surface area contributed by atoms with E-state index in [1.807, 2.05) is 0 Å². The van der Waals surface area contributed by atoms with E-state index in [2.05, 4.69) is 0 Å². The Hall–Kier alpha value is -2.51. The molecule has 35 heavy (non-hydrogen) atoms. The van der Waals surface area contributed by atoms with Crippen molar-refractivity contribution in [2.45, 2.75) is 40.9 Å². The average Bonchev–Trinajstić information content (AvgIpc) is 3.24. The standard InChI is InChI=1S/C22H20F7NO4S/c1-2-34-18(31)30-12-11-19(13-30,35(33)17-9-7-16(23)8-10-17)14-3-5-15(6-4-14)20(32,21(24,25)26)22(27,28)29/h3-10,32H,2,11-13H2,1H3. The first-order valence-corrected chi connectivity index (χ1v) is 11.4. The van der Waals surface area contributed by atoms with E-state index in [0.717, 1.165) is 24.3 Å². The van der Waals surface area contributed by atoms with Crippen LogP contribution in [0.15, 0.2) is 53.4 Å². The number of aliphatic hydroxyl groups is 1. The van der Waals surface area contributed by atoms with E-state index in [1.165, 1.54) is 17.0 Å². The number of hydrogen-bond donors (Lipinski definition) is 1. The van der Waals surface area contributed by atoms with E-state index >= 15 is 0 Å². The van der Waals surface area contributed by atoms with Gasteiger partial charge in [0.15, 0.2) is 9.64 Å². The topological polar surface area (TPSA) is 72.8 Å². The maximum absolute atomic E-state index is 13.6. The molecule has 0 spiro atoms. The third kappa shape index (κ3) is 4.81. The minimum Gasteiger partial charge on any atom is -0.611 e. The van der Waals surface area contributed by atoms with Crippen LogP contribution in [0.1, 0.15) is 24.5 Å². The average molecular weight is 527 g/mol. The number of amides is 1. The molecule has 2 aromatic rings. The van der Waals surface area contributed by atoms with Gasteiger partial charge < -0.3 is 19.3 Å². The number of carbonyl (C=O) groups excluding carboxylic acids is 1. The molecular formula is C22H20F7NO4S. The second-order valence-electron chi connectivity index (χ2n) is 7.87. The fourth-order valence-electron chi connectivity index (χ4n) is 3.93. The summed E-state index contributed by atoms with van der Waals surface area (Å²) in [4.78, 5) is 13.6. The Kier molecular flexibility index (Phi) is 7.36. The second-order valence-corrected chi connectivity index (χ2v) is 9.66. The van der Waals surface area contributed by atoms with Crippen molar-refractivity contribution in [1.82, 2.24) is 4.90 Å². The smallest absolute Gasteiger partial charge is 0.430 e. The number of alkyl halides is 6. The molecule has 1 aliphatic heterocycles. The van der Waals surface area contributed by atoms with Crippen LogP contribution in [-0.4, -0.2) is 52.7 Å². The van der Waals surface area contributed by atoms with Gasteiger partial charge in [-0.3, -0.25) is 0 Å². The molecule has 2 unspecified atom stereocenters. The van der Waals surface area contributed by atoms with E-state index in [-0.39, 0.29) is 36.6 Å². The first kappa shape index (κ1) is 27.1. The lowest BCUT2D eigenvalue weighted by Gasteiger charge is -2.34. The number of likely N-dealkylation sites (tertiary alicyclic amines) is 1. The summed E-state index contributed by atoms with van der Waals surface area (Å²) in [5.74, 6) is -0.609. The highest BCUT2D eigenvalue weighted by Gasteiger charge is 2.71. The van der Waals surface area contributed by atoms with Crippen LogP contribution in [0.25, 0.3) is 0 Å². The van der Waals surface area contributed by atoms with Gasteiger partial charge in [0.1, 0.15) is 5.82 Å². The van der Waals surface area contributed by atoms with Crippen molar-refractivity contribution in [3.05, 3.63) is 65.5 Å². The highest BCUT2D eigenvalue weighted by molar-refractivity contribution is 7.92. The van der Waals surface area contributed by atoms with E-state index in [1.54, 1.807) is 6.92 Å². The maximum atomic E-state index is 13.6. The van der Waals surface area contributed by atoms with Crippen LogP contribution in [0.4, 0.5) is 35.5 Å². The Morgan fingerprint density at radius 3 is 2.09 bits per heavy atom. The minimum absolute atomic E-state index is 0.0258. The minimum atomic E-state index is -6.06. The molecule has 1 saturated heterocycles. The van der Waals surface area contributed by atoms with Gasteiger partial charge in [0.05, 0.1) is 13.2 Å². The normalized spacial score (nSPS) is 20.1. The molecule has 1 heterocycles. The summed E-state index contributed by atoms with van der Waals surface area (Å²) < 4.78 is 110. The zero-order chi connectivity index (χ0) is 26.2. The van der Waals surface area contributed by atoms with Crippen LogP contribution in [0.3, 0.4) is 0 Å². The van der Waals surface area contributed by atoms with E-state index in [4.69, 9.17) is 4.74 Å². The number of halogens is 7. The lowest BCUT2D eigenvalue weighted by Crippen LogP contribution is -2.54. The van der Waals surface area contributed by atoms with Gasteiger partial charge in [-0.1, -0.05) is 24.3 Å². The molecule has 5 nitrogen and oxygen atoms in total. The second kappa shape index (κ2) is 9.51. The largest absolute Gasteiger partial charge is 0.611 e. The van der Waals surface area contributed by atoms with Crippen LogP contribution >= 0.6 is 0 Å². The number of nitrogens with zero attached hydrogens (tertiary/aromatic N) is 1. The van der Waals surface area contributed by atoms with Gasteiger partial charge in [-0.05, 0) is 42.4 Å². The van der Waals surface area contributed by atoms with E-state index in [0.29, 0.717) is 12.1 Å². The van der Waals surface area contributed by atoms with Crippen LogP contribution < -0.4 is 0 Å². The van der Waals surface area contributed by atoms with Gasteiger partial charge in [-0.25, -0.2) is 9.18 Å². The Labute approximate surface area is 198 Å². The molecule has 0 bridgehead atoms. The van der Waals surface area contributed by atoms with Gasteiger partial charge in [0.2, 0.25) is 0 Å². The van der Waals surface area contributed by atoms with Crippen LogP contribution in [0.5, 0.6) is 0 Å². The summed E-state index contributed by atoms with van der Waals surface area (Å²) in [6, 6.07) is 7.33. The fraction of sp³-hybridized carbons (Fsp3) is 0.409. The predicted molar refractivity (Wildman–Crippen MR) is 110 cm³/mol. The molecule has 1 N–H and O–H groups in total. The number of benzene rings is 2. The Balaban J connectivity index is 2.08. The molecule has 2 aromatic carbocycles. The highest BCUT2D eigenvalue weighted by atomic mass is 32.2. The van der Waals surface area contributed by atoms with Crippen LogP contribution in [-0.2, 0) is 26.3 Å². The molecule has 0 saturated carbocycles. The molecule has 1 aliphatic rings. The Morgan fingerprint density at radius 2 is 1.60 bits per heavy atom. The van der Waals surface area contributed by atoms with Crippen molar-refractivity contribution in [2.24, 2.45) is 0 Å². The van der Waals surface area contributed by atoms with Gasteiger partial charge in [0, 0.05) is 24.1 Å². The fourth-order valence-corrected chi connectivity index (χ4v) is 5.67. The lowest BCUT2D eigenvalue weighted by molar-refractivity contribution is -0.376. The molecule has 0 radical (unpaired) electrons. The summed E-state index contributed by atoms with van der Waals surface area (Å²) >= 11 is -2.00. The molecule has 0 aliphatic carbocycles. The first-order chi connectivity index (χ1) is 16.2. The maximum Gasteiger partial charge on any atom is 0.430 e. The van der Waals surface area contributed by atoms with Crippen molar-refractivity contribution in [3.63, 3.8) is 0 Å². The zero-order valence-electron chi connectivity index (χ0n) is 18.1. The van der Waals surface area contributed by atoms with Gasteiger partial charge in [-0.15, -0.1) is 0 Å². The summed E-state index contributed by atoms with van der Waals surface area (Å²) in [5.41, 5.74) is -6.51. The SMILES string of the molecule is CCOC(=O)N1CCC(c2ccc(C(O)(C(F)(F)F)C(F)(F)F)cc2)([S+]([O-])c2ccc(F)cc2)C1. The van der Waals surface area contributed by atoms with Crippen molar-refractivity contribution >= 4 is 17.3 Å². The molecule has 3 rings (SSSR count). The third-order valence-corrected chi connectivity index (χ3v) is 7.77. The monoisotopic (exact) mass is 527 g/mol. The van der Waals surface area contributed by atoms with E-state index < -0.39 is 51.4 Å². The lowest BCUT2D eigenvalue weighted by atomic mass is 9.89. The van der Waals surface area contributed by atoms with Gasteiger partial charge >= 0.3 is 18.4 Å². The summed E-state index contributed by atoms with van der Waals surface area (Å²) in [6.07, 6.45) is -12.8. The van der Waals surface area contributed by atoms with Crippen molar-refractivity contribution < 1.29 is 49.9 Å². The number of rotatable bonds is 5. The number of hydrogen-bond acceptors (Lipinski definition) is 4. The van der Waals surface area contributed by atoms with Gasteiger partial charge in [-0.2, -0.15) is 26.3 Å². The Bertz CT molecular complexity index is 1030. The highest BCUT2D eigenvalue weighted by Crippen LogP contribution is 2.51. The number of ether oxygens (including phenoxy) is 1. The molecular weight excluding hydrogens is 507 g/mol. The summed E-state index contributed by atoms with van der Waals surface area (Å²) in [5, 5.41) is 9.65. The van der Waals surface area contributed by atoms with Crippen molar-refractivity contribution in [3.8, 4) is 0 Å². The first-order valence-electron chi connectivity index (χ1n) is 10.2.